The minimum atomic E-state index is -2.36. The lowest BCUT2D eigenvalue weighted by Crippen LogP contribution is -1.97. The van der Waals surface area contributed by atoms with Gasteiger partial charge in [0.15, 0.2) is 0 Å². The fraction of sp³-hybridized carbons (Fsp3) is 0.333. The van der Waals surface area contributed by atoms with Gasteiger partial charge in [0.05, 0.1) is 0 Å². The van der Waals surface area contributed by atoms with Crippen LogP contribution in [0.15, 0.2) is 18.2 Å². The molecule has 0 fully saturated rings. The number of benzene rings is 1. The Hall–Kier alpha value is -0.710. The predicted molar refractivity (Wildman–Crippen MR) is 53.8 cm³/mol. The third-order valence-electron chi connectivity index (χ3n) is 1.66. The summed E-state index contributed by atoms with van der Waals surface area (Å²) in [6.45, 7) is 6.39. The quantitative estimate of drug-likeness (QED) is 0.642. The van der Waals surface area contributed by atoms with E-state index in [-0.39, 0.29) is 0 Å². The molecule has 1 rings (SSSR count). The first-order valence-corrected chi connectivity index (χ1v) is 4.95. The van der Waals surface area contributed by atoms with Crippen LogP contribution in [0.2, 0.25) is 0 Å². The van der Waals surface area contributed by atoms with E-state index in [9.17, 15) is 0 Å². The summed E-state index contributed by atoms with van der Waals surface area (Å²) >= 11 is -2.36. The third kappa shape index (κ3) is 6.45. The van der Waals surface area contributed by atoms with Crippen LogP contribution in [0.1, 0.15) is 16.7 Å². The molecule has 0 radical (unpaired) electrons. The lowest BCUT2D eigenvalue weighted by atomic mass is 10.1. The molecule has 2 N–H and O–H groups in total. The molecule has 0 saturated carbocycles. The minimum Gasteiger partial charge on any atom is -0.760 e. The number of hydrogen-bond donors (Lipinski definition) is 1. The second kappa shape index (κ2) is 5.85. The number of rotatable bonds is 0. The summed E-state index contributed by atoms with van der Waals surface area (Å²) in [5.74, 6) is 0. The molecule has 3 nitrogen and oxygen atoms in total. The molecule has 0 aromatic heterocycles. The van der Waals surface area contributed by atoms with Crippen LogP contribution in [0.3, 0.4) is 0 Å². The van der Waals surface area contributed by atoms with E-state index in [1.54, 1.807) is 0 Å². The lowest BCUT2D eigenvalue weighted by Gasteiger charge is -1.98. The average Bonchev–Trinajstić information content (AvgIpc) is 1.96. The Kier molecular flexibility index (Phi) is 5.53. The topological polar surface area (TPSA) is 66.2 Å². The van der Waals surface area contributed by atoms with Crippen molar-refractivity contribution in [1.29, 1.82) is 0 Å². The average molecular weight is 200 g/mol. The van der Waals surface area contributed by atoms with Gasteiger partial charge in [-0.2, -0.15) is 0 Å². The molecular formula is C9H14NO2S-. The molecule has 1 aromatic carbocycles. The van der Waals surface area contributed by atoms with Crippen LogP contribution in [-0.4, -0.2) is 8.76 Å². The SMILES string of the molecule is Cc1ccc(C)c(C)c1.NS(=O)[O-]. The summed E-state index contributed by atoms with van der Waals surface area (Å²) in [7, 11) is 0. The Labute approximate surface area is 81.4 Å². The standard InChI is InChI=1S/C9H12.H3NO2S/c1-7-4-5-8(2)9(3)6-7;1-4(2)3/h4-6H,1-3H3;1H2,(H,2,3)/p-1. The maximum absolute atomic E-state index is 8.78. The van der Waals surface area contributed by atoms with Gasteiger partial charge in [-0.25, -0.2) is 0 Å². The summed E-state index contributed by atoms with van der Waals surface area (Å²) in [6.07, 6.45) is 0. The van der Waals surface area contributed by atoms with Crippen LogP contribution < -0.4 is 5.14 Å². The van der Waals surface area contributed by atoms with Crippen molar-refractivity contribution in [3.63, 3.8) is 0 Å². The van der Waals surface area contributed by atoms with Crippen molar-refractivity contribution in [2.45, 2.75) is 20.8 Å². The number of hydrogen-bond acceptors (Lipinski definition) is 2. The normalized spacial score (nSPS) is 11.5. The van der Waals surface area contributed by atoms with E-state index in [1.807, 2.05) is 0 Å². The highest BCUT2D eigenvalue weighted by Crippen LogP contribution is 2.07. The van der Waals surface area contributed by atoms with Gasteiger partial charge in [-0.15, -0.1) is 0 Å². The van der Waals surface area contributed by atoms with Gasteiger partial charge in [0.1, 0.15) is 0 Å². The van der Waals surface area contributed by atoms with Gasteiger partial charge < -0.3 is 4.55 Å². The van der Waals surface area contributed by atoms with Crippen LogP contribution >= 0.6 is 0 Å². The van der Waals surface area contributed by atoms with Gasteiger partial charge in [-0.3, -0.25) is 9.35 Å². The second-order valence-electron chi connectivity index (χ2n) is 2.85. The van der Waals surface area contributed by atoms with Gasteiger partial charge in [-0.1, -0.05) is 23.8 Å². The molecule has 4 heteroatoms. The van der Waals surface area contributed by atoms with E-state index in [1.165, 1.54) is 16.7 Å². The van der Waals surface area contributed by atoms with E-state index < -0.39 is 11.3 Å². The highest BCUT2D eigenvalue weighted by molar-refractivity contribution is 7.76. The predicted octanol–water partition coefficient (Wildman–Crippen LogP) is 1.35. The van der Waals surface area contributed by atoms with Crippen molar-refractivity contribution < 1.29 is 8.76 Å². The zero-order valence-electron chi connectivity index (χ0n) is 8.03. The van der Waals surface area contributed by atoms with Gasteiger partial charge >= 0.3 is 0 Å². The molecule has 13 heavy (non-hydrogen) atoms. The van der Waals surface area contributed by atoms with Crippen molar-refractivity contribution in [2.75, 3.05) is 0 Å². The second-order valence-corrected chi connectivity index (χ2v) is 3.37. The van der Waals surface area contributed by atoms with Crippen LogP contribution in [0.5, 0.6) is 0 Å². The molecule has 0 aliphatic heterocycles. The first-order valence-electron chi connectivity index (χ1n) is 3.81. The van der Waals surface area contributed by atoms with Crippen LogP contribution in [0, 0.1) is 20.8 Å². The lowest BCUT2D eigenvalue weighted by molar-refractivity contribution is 0.539. The highest BCUT2D eigenvalue weighted by Gasteiger charge is 1.89. The Morgan fingerprint density at radius 1 is 1.23 bits per heavy atom. The minimum absolute atomic E-state index is 1.35. The maximum Gasteiger partial charge on any atom is 0.0152 e. The molecule has 1 unspecified atom stereocenters. The van der Waals surface area contributed by atoms with Crippen molar-refractivity contribution in [2.24, 2.45) is 5.14 Å². The fourth-order valence-electron chi connectivity index (χ4n) is 0.891. The van der Waals surface area contributed by atoms with Crippen molar-refractivity contribution in [3.8, 4) is 0 Å². The first-order chi connectivity index (χ1) is 5.93. The number of nitrogens with two attached hydrogens (primary N) is 1. The van der Waals surface area contributed by atoms with E-state index in [0.29, 0.717) is 0 Å². The molecule has 1 aromatic rings. The highest BCUT2D eigenvalue weighted by atomic mass is 32.2. The summed E-state index contributed by atoms with van der Waals surface area (Å²) < 4.78 is 17.6. The molecule has 0 heterocycles. The Morgan fingerprint density at radius 2 is 1.69 bits per heavy atom. The molecule has 0 bridgehead atoms. The summed E-state index contributed by atoms with van der Waals surface area (Å²) in [5, 5.41) is 4.03. The van der Waals surface area contributed by atoms with Crippen LogP contribution in [0.25, 0.3) is 0 Å². The summed E-state index contributed by atoms with van der Waals surface area (Å²) in [4.78, 5) is 0. The van der Waals surface area contributed by atoms with Gasteiger partial charge in [0, 0.05) is 11.3 Å². The molecule has 1 atom stereocenters. The summed E-state index contributed by atoms with van der Waals surface area (Å²) in [6, 6.07) is 6.50. The first kappa shape index (κ1) is 12.3. The van der Waals surface area contributed by atoms with Crippen LogP contribution in [-0.2, 0) is 11.3 Å². The molecule has 0 aliphatic rings. The third-order valence-corrected chi connectivity index (χ3v) is 1.66. The van der Waals surface area contributed by atoms with Gasteiger partial charge in [0.2, 0.25) is 0 Å². The largest absolute Gasteiger partial charge is 0.760 e. The molecule has 74 valence electrons. The smallest absolute Gasteiger partial charge is 0.0152 e. The molecule has 0 amide bonds. The maximum atomic E-state index is 8.78. The molecular weight excluding hydrogens is 186 g/mol. The Bertz CT molecular complexity index is 296. The summed E-state index contributed by atoms with van der Waals surface area (Å²) in [5.41, 5.74) is 4.11. The van der Waals surface area contributed by atoms with Crippen LogP contribution in [0.4, 0.5) is 0 Å². The number of aryl methyl sites for hydroxylation is 3. The van der Waals surface area contributed by atoms with Gasteiger partial charge in [0.25, 0.3) is 0 Å². The zero-order valence-corrected chi connectivity index (χ0v) is 8.85. The van der Waals surface area contributed by atoms with E-state index in [2.05, 4.69) is 44.1 Å². The van der Waals surface area contributed by atoms with Crippen molar-refractivity contribution in [1.82, 2.24) is 0 Å². The molecule has 0 aliphatic carbocycles. The van der Waals surface area contributed by atoms with E-state index in [0.717, 1.165) is 0 Å². The fourth-order valence-corrected chi connectivity index (χ4v) is 0.891. The molecule has 0 saturated heterocycles. The Balaban J connectivity index is 0.000000310. The van der Waals surface area contributed by atoms with Crippen molar-refractivity contribution >= 4 is 11.3 Å². The van der Waals surface area contributed by atoms with Crippen molar-refractivity contribution in [3.05, 3.63) is 34.9 Å². The Morgan fingerprint density at radius 3 is 2.00 bits per heavy atom. The van der Waals surface area contributed by atoms with Gasteiger partial charge in [-0.05, 0) is 31.9 Å². The molecule has 0 spiro atoms. The monoisotopic (exact) mass is 200 g/mol. The van der Waals surface area contributed by atoms with E-state index >= 15 is 0 Å². The van der Waals surface area contributed by atoms with E-state index in [4.69, 9.17) is 8.76 Å². The zero-order chi connectivity index (χ0) is 10.4.